The second-order valence-electron chi connectivity index (χ2n) is 7.94. The fourth-order valence-corrected chi connectivity index (χ4v) is 3.52. The Kier molecular flexibility index (Phi) is 11.0. The zero-order chi connectivity index (χ0) is 27.3. The van der Waals surface area contributed by atoms with Crippen molar-refractivity contribution in [2.45, 2.75) is 19.8 Å². The fraction of sp³-hybridized carbons (Fsp3) is 0.185. The lowest BCUT2D eigenvalue weighted by Gasteiger charge is -2.08. The van der Waals surface area contributed by atoms with Gasteiger partial charge in [-0.15, -0.1) is 0 Å². The maximum atomic E-state index is 12.1. The van der Waals surface area contributed by atoms with E-state index in [4.69, 9.17) is 32.7 Å². The molecular formula is C27H26Cl2N4O5. The molecule has 0 saturated heterocycles. The first-order chi connectivity index (χ1) is 18.3. The number of hydrogen-bond acceptors (Lipinski definition) is 6. The van der Waals surface area contributed by atoms with E-state index in [0.717, 1.165) is 12.8 Å². The van der Waals surface area contributed by atoms with Crippen molar-refractivity contribution in [1.29, 1.82) is 0 Å². The topological polar surface area (TPSA) is 118 Å². The number of anilines is 2. The molecule has 0 atom stereocenters. The van der Waals surface area contributed by atoms with E-state index in [9.17, 15) is 14.4 Å². The van der Waals surface area contributed by atoms with Gasteiger partial charge >= 0.3 is 11.8 Å². The molecule has 0 radical (unpaired) electrons. The number of halogens is 2. The van der Waals surface area contributed by atoms with Crippen molar-refractivity contribution in [1.82, 2.24) is 5.43 Å². The molecule has 198 valence electrons. The van der Waals surface area contributed by atoms with E-state index in [-0.39, 0.29) is 12.5 Å². The summed E-state index contributed by atoms with van der Waals surface area (Å²) in [5.74, 6) is -1.02. The van der Waals surface area contributed by atoms with Crippen LogP contribution < -0.4 is 25.5 Å². The average Bonchev–Trinajstić information content (AvgIpc) is 2.88. The Bertz CT molecular complexity index is 1260. The SMILES string of the molecule is CCCCOc1ccc(NC(=O)C(=O)N/N=C\c2ccc(OCC(=O)Nc3cc(Cl)cc(Cl)c3)cc2)cc1. The number of amides is 3. The van der Waals surface area contributed by atoms with Crippen LogP contribution in [0.3, 0.4) is 0 Å². The predicted molar refractivity (Wildman–Crippen MR) is 148 cm³/mol. The smallest absolute Gasteiger partial charge is 0.329 e. The summed E-state index contributed by atoms with van der Waals surface area (Å²) < 4.78 is 11.0. The molecule has 9 nitrogen and oxygen atoms in total. The third-order valence-electron chi connectivity index (χ3n) is 4.86. The van der Waals surface area contributed by atoms with Gasteiger partial charge in [-0.05, 0) is 78.7 Å². The van der Waals surface area contributed by atoms with E-state index in [1.165, 1.54) is 6.21 Å². The summed E-state index contributed by atoms with van der Waals surface area (Å²) in [6, 6.07) is 18.1. The molecule has 38 heavy (non-hydrogen) atoms. The number of benzene rings is 3. The summed E-state index contributed by atoms with van der Waals surface area (Å²) in [5.41, 5.74) is 3.73. The monoisotopic (exact) mass is 556 g/mol. The summed E-state index contributed by atoms with van der Waals surface area (Å²) in [4.78, 5) is 36.2. The van der Waals surface area contributed by atoms with E-state index in [0.29, 0.717) is 45.1 Å². The van der Waals surface area contributed by atoms with Crippen molar-refractivity contribution in [3.63, 3.8) is 0 Å². The van der Waals surface area contributed by atoms with E-state index in [2.05, 4.69) is 28.1 Å². The van der Waals surface area contributed by atoms with E-state index in [1.54, 1.807) is 66.7 Å². The molecule has 3 aromatic rings. The molecule has 0 aromatic heterocycles. The first kappa shape index (κ1) is 28.5. The van der Waals surface area contributed by atoms with Crippen molar-refractivity contribution in [2.24, 2.45) is 5.10 Å². The van der Waals surface area contributed by atoms with Gasteiger partial charge in [0, 0.05) is 21.4 Å². The summed E-state index contributed by atoms with van der Waals surface area (Å²) in [6.07, 6.45) is 3.36. The molecule has 0 aliphatic rings. The second-order valence-corrected chi connectivity index (χ2v) is 8.82. The van der Waals surface area contributed by atoms with Crippen LogP contribution in [0.2, 0.25) is 10.0 Å². The van der Waals surface area contributed by atoms with Gasteiger partial charge in [-0.1, -0.05) is 36.5 Å². The lowest BCUT2D eigenvalue weighted by atomic mass is 10.2. The molecule has 0 fully saturated rings. The van der Waals surface area contributed by atoms with Crippen molar-refractivity contribution in [2.75, 3.05) is 23.8 Å². The Balaban J connectivity index is 1.40. The lowest BCUT2D eigenvalue weighted by molar-refractivity contribution is -0.136. The Hall–Kier alpha value is -4.08. The van der Waals surface area contributed by atoms with Crippen LogP contribution >= 0.6 is 23.2 Å². The van der Waals surface area contributed by atoms with Crippen molar-refractivity contribution in [3.05, 3.63) is 82.3 Å². The summed E-state index contributed by atoms with van der Waals surface area (Å²) >= 11 is 11.8. The van der Waals surface area contributed by atoms with Crippen LogP contribution in [0.5, 0.6) is 11.5 Å². The van der Waals surface area contributed by atoms with Gasteiger partial charge in [0.05, 0.1) is 12.8 Å². The van der Waals surface area contributed by atoms with Gasteiger partial charge in [0.1, 0.15) is 11.5 Å². The lowest BCUT2D eigenvalue weighted by Crippen LogP contribution is -2.32. The average molecular weight is 557 g/mol. The van der Waals surface area contributed by atoms with Gasteiger partial charge in [0.15, 0.2) is 6.61 Å². The van der Waals surface area contributed by atoms with Gasteiger partial charge in [0.25, 0.3) is 5.91 Å². The number of hydrogen-bond donors (Lipinski definition) is 3. The highest BCUT2D eigenvalue weighted by molar-refractivity contribution is 6.39. The maximum Gasteiger partial charge on any atom is 0.329 e. The highest BCUT2D eigenvalue weighted by Gasteiger charge is 2.13. The highest BCUT2D eigenvalue weighted by atomic mass is 35.5. The number of unbranched alkanes of at least 4 members (excludes halogenated alkanes) is 1. The van der Waals surface area contributed by atoms with Crippen molar-refractivity contribution in [3.8, 4) is 11.5 Å². The third kappa shape index (κ3) is 9.76. The van der Waals surface area contributed by atoms with Crippen LogP contribution in [0.15, 0.2) is 71.8 Å². The number of hydrazone groups is 1. The minimum Gasteiger partial charge on any atom is -0.494 e. The van der Waals surface area contributed by atoms with Gasteiger partial charge in [-0.25, -0.2) is 5.43 Å². The van der Waals surface area contributed by atoms with Gasteiger partial charge in [-0.3, -0.25) is 14.4 Å². The zero-order valence-electron chi connectivity index (χ0n) is 20.5. The van der Waals surface area contributed by atoms with Gasteiger partial charge < -0.3 is 20.1 Å². The van der Waals surface area contributed by atoms with E-state index >= 15 is 0 Å². The second kappa shape index (κ2) is 14.6. The minimum atomic E-state index is -0.920. The number of carbonyl (C=O) groups excluding carboxylic acids is 3. The molecular weight excluding hydrogens is 531 g/mol. The molecule has 3 aromatic carbocycles. The standard InChI is InChI=1S/C27H26Cl2N4O5/c1-2-3-12-37-23-10-6-21(7-11-23)32-26(35)27(36)33-30-16-18-4-8-24(9-5-18)38-17-25(34)31-22-14-19(28)13-20(29)15-22/h4-11,13-16H,2-3,12,17H2,1H3,(H,31,34)(H,32,35)(H,33,36)/b30-16-. The summed E-state index contributed by atoms with van der Waals surface area (Å²) in [5, 5.41) is 9.74. The van der Waals surface area contributed by atoms with Crippen LogP contribution in [-0.2, 0) is 14.4 Å². The van der Waals surface area contributed by atoms with Gasteiger partial charge in [-0.2, -0.15) is 5.10 Å². The van der Waals surface area contributed by atoms with Crippen LogP contribution in [-0.4, -0.2) is 37.1 Å². The first-order valence-corrected chi connectivity index (χ1v) is 12.4. The summed E-state index contributed by atoms with van der Waals surface area (Å²) in [6.45, 7) is 2.48. The van der Waals surface area contributed by atoms with E-state index in [1.807, 2.05) is 0 Å². The number of nitrogens with zero attached hydrogens (tertiary/aromatic N) is 1. The quantitative estimate of drug-likeness (QED) is 0.128. The molecule has 0 aliphatic carbocycles. The Labute approximate surface area is 230 Å². The van der Waals surface area contributed by atoms with Crippen LogP contribution in [0.4, 0.5) is 11.4 Å². The fourth-order valence-electron chi connectivity index (χ4n) is 2.99. The zero-order valence-corrected chi connectivity index (χ0v) is 22.0. The molecule has 0 aliphatic heterocycles. The van der Waals surface area contributed by atoms with Crippen molar-refractivity contribution >= 4 is 58.5 Å². The van der Waals surface area contributed by atoms with Crippen LogP contribution in [0.1, 0.15) is 25.3 Å². The molecule has 0 bridgehead atoms. The molecule has 0 spiro atoms. The van der Waals surface area contributed by atoms with Crippen LogP contribution in [0.25, 0.3) is 0 Å². The van der Waals surface area contributed by atoms with Crippen LogP contribution in [0, 0.1) is 0 Å². The third-order valence-corrected chi connectivity index (χ3v) is 5.30. The van der Waals surface area contributed by atoms with E-state index < -0.39 is 11.8 Å². The number of nitrogens with one attached hydrogen (secondary N) is 3. The predicted octanol–water partition coefficient (Wildman–Crippen LogP) is 5.28. The largest absolute Gasteiger partial charge is 0.494 e. The molecule has 0 heterocycles. The minimum absolute atomic E-state index is 0.225. The normalized spacial score (nSPS) is 10.6. The molecule has 3 N–H and O–H groups in total. The molecule has 0 unspecified atom stereocenters. The number of carbonyl (C=O) groups is 3. The first-order valence-electron chi connectivity index (χ1n) is 11.7. The Morgan fingerprint density at radius 3 is 2.11 bits per heavy atom. The van der Waals surface area contributed by atoms with Gasteiger partial charge in [0.2, 0.25) is 0 Å². The Morgan fingerprint density at radius 2 is 1.45 bits per heavy atom. The molecule has 0 saturated carbocycles. The highest BCUT2D eigenvalue weighted by Crippen LogP contribution is 2.22. The summed E-state index contributed by atoms with van der Waals surface area (Å²) in [7, 11) is 0. The maximum absolute atomic E-state index is 12.1. The number of ether oxygens (including phenoxy) is 2. The number of rotatable bonds is 11. The Morgan fingerprint density at radius 1 is 0.816 bits per heavy atom. The molecule has 3 amide bonds. The molecule has 3 rings (SSSR count). The molecule has 11 heteroatoms. The van der Waals surface area contributed by atoms with Crippen molar-refractivity contribution < 1.29 is 23.9 Å².